The minimum Gasteiger partial charge on any atom is -0.412 e. The third kappa shape index (κ3) is 4.46. The Hall–Kier alpha value is -1.30. The summed E-state index contributed by atoms with van der Waals surface area (Å²) in [6.07, 6.45) is -0.291. The van der Waals surface area contributed by atoms with Crippen LogP contribution in [0, 0.1) is 0 Å². The maximum absolute atomic E-state index is 13.8. The summed E-state index contributed by atoms with van der Waals surface area (Å²) in [4.78, 5) is 11.8. The van der Waals surface area contributed by atoms with E-state index in [0.29, 0.717) is 10.9 Å². The second-order valence-corrected chi connectivity index (χ2v) is 9.04. The summed E-state index contributed by atoms with van der Waals surface area (Å²) in [6.45, 7) is 3.24. The first-order valence-electron chi connectivity index (χ1n) is 7.61. The number of ketones is 1. The largest absolute Gasteiger partial charge is 0.412 e. The van der Waals surface area contributed by atoms with Crippen molar-refractivity contribution in [3.8, 4) is 0 Å². The smallest absolute Gasteiger partial charge is 0.267 e. The van der Waals surface area contributed by atoms with E-state index in [9.17, 15) is 14.5 Å². The van der Waals surface area contributed by atoms with Crippen LogP contribution in [-0.2, 0) is 19.2 Å². The number of Topliss-reactive ketones (excluding diaryl/α,β-unsaturated/α-hetero) is 1. The summed E-state index contributed by atoms with van der Waals surface area (Å²) in [5, 5.41) is 9.89. The number of aliphatic hydroxyl groups is 1. The molecule has 0 saturated carbocycles. The quantitative estimate of drug-likeness (QED) is 0.683. The van der Waals surface area contributed by atoms with Gasteiger partial charge in [0.25, 0.3) is 7.37 Å². The summed E-state index contributed by atoms with van der Waals surface area (Å²) in [6, 6.07) is 15.4. The second kappa shape index (κ2) is 8.88. The molecule has 0 heterocycles. The zero-order valence-corrected chi connectivity index (χ0v) is 16.6. The average molecular weight is 429 g/mol. The molecule has 0 amide bonds. The van der Waals surface area contributed by atoms with Gasteiger partial charge in [-0.1, -0.05) is 46.3 Å². The molecule has 0 bridgehead atoms. The number of hydrogen-bond donors (Lipinski definition) is 1. The molecule has 0 aliphatic carbocycles. The highest BCUT2D eigenvalue weighted by atomic mass is 79.9. The molecule has 7 heteroatoms. The van der Waals surface area contributed by atoms with Crippen LogP contribution in [0.3, 0.4) is 0 Å². The first kappa shape index (κ1) is 21.7. The third-order valence-electron chi connectivity index (χ3n) is 3.70. The van der Waals surface area contributed by atoms with Gasteiger partial charge in [-0.3, -0.25) is 9.36 Å². The van der Waals surface area contributed by atoms with E-state index in [-0.39, 0.29) is 24.3 Å². The molecule has 2 aromatic rings. The van der Waals surface area contributed by atoms with E-state index < -0.39 is 12.7 Å². The van der Waals surface area contributed by atoms with Crippen LogP contribution in [0.2, 0.25) is 0 Å². The highest BCUT2D eigenvalue weighted by molar-refractivity contribution is 9.10. The molecule has 2 rings (SSSR count). The Kier molecular flexibility index (Phi) is 7.72. The summed E-state index contributed by atoms with van der Waals surface area (Å²) in [5.41, 5.74) is 0.390. The highest BCUT2D eigenvalue weighted by Gasteiger charge is 2.51. The lowest BCUT2D eigenvalue weighted by Crippen LogP contribution is -2.34. The van der Waals surface area contributed by atoms with Gasteiger partial charge in [-0.05, 0) is 43.7 Å². The molecule has 0 unspecified atom stereocenters. The van der Waals surface area contributed by atoms with Crippen LogP contribution < -0.4 is 5.30 Å². The van der Waals surface area contributed by atoms with Crippen LogP contribution in [0.25, 0.3) is 0 Å². The topological polar surface area (TPSA) is 95.1 Å². The maximum atomic E-state index is 13.8. The minimum absolute atomic E-state index is 0. The van der Waals surface area contributed by atoms with E-state index >= 15 is 0 Å². The molecule has 136 valence electrons. The SMILES string of the molecule is CCO[P@@](=O)(c1ccccc1)[C@@](O)(CC(C)=O)c1ccc(Br)cc1.O. The summed E-state index contributed by atoms with van der Waals surface area (Å²) in [5.74, 6) is -0.267. The first-order valence-corrected chi connectivity index (χ1v) is 10.0. The van der Waals surface area contributed by atoms with Crippen LogP contribution in [0.4, 0.5) is 0 Å². The van der Waals surface area contributed by atoms with Crippen molar-refractivity contribution in [3.63, 3.8) is 0 Å². The van der Waals surface area contributed by atoms with Crippen molar-refractivity contribution in [1.82, 2.24) is 0 Å². The van der Waals surface area contributed by atoms with Gasteiger partial charge in [0.2, 0.25) is 0 Å². The van der Waals surface area contributed by atoms with E-state index in [1.807, 2.05) is 0 Å². The van der Waals surface area contributed by atoms with Crippen LogP contribution in [0.5, 0.6) is 0 Å². The second-order valence-electron chi connectivity index (χ2n) is 5.51. The molecule has 0 fully saturated rings. The number of hydrogen-bond acceptors (Lipinski definition) is 4. The molecule has 0 radical (unpaired) electrons. The molecule has 0 saturated heterocycles. The van der Waals surface area contributed by atoms with Gasteiger partial charge in [0.05, 0.1) is 6.61 Å². The lowest BCUT2D eigenvalue weighted by Gasteiger charge is -2.35. The van der Waals surface area contributed by atoms with Gasteiger partial charge in [0, 0.05) is 16.2 Å². The van der Waals surface area contributed by atoms with Crippen molar-refractivity contribution in [2.45, 2.75) is 25.6 Å². The number of rotatable bonds is 7. The Morgan fingerprint density at radius 3 is 2.20 bits per heavy atom. The third-order valence-corrected chi connectivity index (χ3v) is 7.21. The molecule has 0 aliphatic heterocycles. The summed E-state index contributed by atoms with van der Waals surface area (Å²) < 4.78 is 20.3. The fraction of sp³-hybridized carbons (Fsp3) is 0.278. The van der Waals surface area contributed by atoms with Crippen molar-refractivity contribution in [2.75, 3.05) is 6.61 Å². The van der Waals surface area contributed by atoms with Crippen LogP contribution in [0.1, 0.15) is 25.8 Å². The normalized spacial score (nSPS) is 15.5. The van der Waals surface area contributed by atoms with Crippen molar-refractivity contribution in [2.24, 2.45) is 0 Å². The van der Waals surface area contributed by atoms with Gasteiger partial charge >= 0.3 is 0 Å². The maximum Gasteiger partial charge on any atom is 0.267 e. The number of benzene rings is 2. The molecule has 2 aromatic carbocycles. The summed E-state index contributed by atoms with van der Waals surface area (Å²) in [7, 11) is -3.77. The molecule has 2 atom stereocenters. The lowest BCUT2D eigenvalue weighted by molar-refractivity contribution is -0.120. The number of halogens is 1. The van der Waals surface area contributed by atoms with Gasteiger partial charge in [-0.15, -0.1) is 0 Å². The monoisotopic (exact) mass is 428 g/mol. The van der Waals surface area contributed by atoms with E-state index in [0.717, 1.165) is 4.47 Å². The molecule has 3 N–H and O–H groups in total. The van der Waals surface area contributed by atoms with Gasteiger partial charge in [-0.25, -0.2) is 0 Å². The molecule has 0 spiro atoms. The highest BCUT2D eigenvalue weighted by Crippen LogP contribution is 2.63. The molecular formula is C18H22BrO5P. The van der Waals surface area contributed by atoms with Crippen molar-refractivity contribution in [3.05, 3.63) is 64.6 Å². The molecule has 0 aromatic heterocycles. The Bertz CT molecular complexity index is 748. The fourth-order valence-electron chi connectivity index (χ4n) is 2.64. The van der Waals surface area contributed by atoms with E-state index in [2.05, 4.69) is 15.9 Å². The molecule has 0 aliphatic rings. The molecule has 5 nitrogen and oxygen atoms in total. The van der Waals surface area contributed by atoms with Crippen LogP contribution in [0.15, 0.2) is 59.1 Å². The average Bonchev–Trinajstić information content (AvgIpc) is 2.55. The van der Waals surface area contributed by atoms with Crippen molar-refractivity contribution < 1.29 is 24.5 Å². The minimum atomic E-state index is -3.77. The fourth-order valence-corrected chi connectivity index (χ4v) is 5.54. The Labute approximate surface area is 155 Å². The van der Waals surface area contributed by atoms with Crippen LogP contribution >= 0.6 is 23.3 Å². The standard InChI is InChI=1S/C18H20BrO4P.H2O/c1-3-23-24(22,17-7-5-4-6-8-17)18(21,13-14(2)20)15-9-11-16(19)12-10-15;/h4-12,21H,3,13H2,1-2H3;1H2/t18-,24-;/m0./s1. The van der Waals surface area contributed by atoms with Crippen LogP contribution in [-0.4, -0.2) is 23.0 Å². The predicted molar refractivity (Wildman–Crippen MR) is 102 cm³/mol. The first-order chi connectivity index (χ1) is 11.3. The Morgan fingerprint density at radius 1 is 1.16 bits per heavy atom. The number of carbonyl (C=O) groups excluding carboxylic acids is 1. The van der Waals surface area contributed by atoms with Gasteiger partial charge in [0.15, 0.2) is 5.34 Å². The van der Waals surface area contributed by atoms with Gasteiger partial charge < -0.3 is 15.1 Å². The molecular weight excluding hydrogens is 407 g/mol. The Balaban J connectivity index is 0.00000312. The molecule has 25 heavy (non-hydrogen) atoms. The predicted octanol–water partition coefficient (Wildman–Crippen LogP) is 3.39. The van der Waals surface area contributed by atoms with Gasteiger partial charge in [-0.2, -0.15) is 0 Å². The number of carbonyl (C=O) groups is 1. The van der Waals surface area contributed by atoms with E-state index in [4.69, 9.17) is 4.52 Å². The zero-order valence-electron chi connectivity index (χ0n) is 14.1. The van der Waals surface area contributed by atoms with Gasteiger partial charge in [0.1, 0.15) is 5.78 Å². The van der Waals surface area contributed by atoms with Crippen molar-refractivity contribution >= 4 is 34.4 Å². The lowest BCUT2D eigenvalue weighted by atomic mass is 10.0. The van der Waals surface area contributed by atoms with E-state index in [1.165, 1.54) is 6.92 Å². The zero-order chi connectivity index (χ0) is 17.8. The van der Waals surface area contributed by atoms with Crippen molar-refractivity contribution in [1.29, 1.82) is 0 Å². The Morgan fingerprint density at radius 2 is 1.72 bits per heavy atom. The van der Waals surface area contributed by atoms with E-state index in [1.54, 1.807) is 61.5 Å². The summed E-state index contributed by atoms with van der Waals surface area (Å²) >= 11 is 3.34.